The van der Waals surface area contributed by atoms with Crippen molar-refractivity contribution in [2.24, 2.45) is 5.92 Å². The zero-order chi connectivity index (χ0) is 35.2. The molecule has 48 heavy (non-hydrogen) atoms. The van der Waals surface area contributed by atoms with Gasteiger partial charge in [0.1, 0.15) is 5.75 Å². The van der Waals surface area contributed by atoms with Crippen molar-refractivity contribution in [2.45, 2.75) is 82.1 Å². The monoisotopic (exact) mass is 691 g/mol. The fraction of sp³-hybridized carbons (Fsp3) is 0.444. The number of benzene rings is 2. The second kappa shape index (κ2) is 26.8. The van der Waals surface area contributed by atoms with Gasteiger partial charge >= 0.3 is 26.6 Å². The number of aryl methyl sites for hydroxylation is 4. The highest BCUT2D eigenvalue weighted by Gasteiger charge is 2.22. The molecule has 0 amide bonds. The first kappa shape index (κ1) is 48.2. The van der Waals surface area contributed by atoms with Crippen molar-refractivity contribution in [1.82, 2.24) is 4.98 Å². The molecule has 0 saturated heterocycles. The SMILES string of the molecule is C.C.COC(=O)Cc1ccc(C)cc1.COC(=O)Cc1ccc(C)cn1.Cc1cc(C)c(C(C)C(=O)OCC(C)C)c(O)c1.O=POO. The van der Waals surface area contributed by atoms with Crippen LogP contribution in [0.15, 0.2) is 54.7 Å². The standard InChI is InChI=1S/C15H22O3.C10H12O2.C9H11NO2.2CH4.HO3P/c1-9(2)8-18-15(17)12(5)14-11(4)6-10(3)7-13(14)16;1-8-3-5-9(6-4-8)7-10(11)12-2;1-7-3-4-8(10-6-7)5-9(11)12-2;;;1-3-4-2/h6-7,9,12,16H,8H2,1-5H3;3-6H,7H2,1-2H3;3-4,6H,5H2,1-2H3;2*1H4;1H. The summed E-state index contributed by atoms with van der Waals surface area (Å²) in [4.78, 5) is 37.6. The predicted octanol–water partition coefficient (Wildman–Crippen LogP) is 8.08. The number of aromatic hydroxyl groups is 1. The molecule has 0 fully saturated rings. The van der Waals surface area contributed by atoms with Crippen LogP contribution in [0.1, 0.15) is 80.6 Å². The van der Waals surface area contributed by atoms with Crippen LogP contribution in [0.2, 0.25) is 0 Å². The lowest BCUT2D eigenvalue weighted by Gasteiger charge is -2.17. The number of carbonyl (C=O) groups excluding carboxylic acids is 3. The minimum absolute atomic E-state index is 0. The van der Waals surface area contributed by atoms with Gasteiger partial charge in [-0.1, -0.05) is 70.7 Å². The van der Waals surface area contributed by atoms with Gasteiger partial charge < -0.3 is 19.3 Å². The summed E-state index contributed by atoms with van der Waals surface area (Å²) in [5, 5.41) is 17.0. The Labute approximate surface area is 287 Å². The lowest BCUT2D eigenvalue weighted by molar-refractivity contribution is -0.146. The third kappa shape index (κ3) is 20.8. The van der Waals surface area contributed by atoms with Crippen LogP contribution >= 0.6 is 8.69 Å². The number of methoxy groups -OCH3 is 2. The first-order valence-electron chi connectivity index (χ1n) is 14.4. The van der Waals surface area contributed by atoms with Crippen molar-refractivity contribution in [3.05, 3.63) is 93.8 Å². The number of hydrogen-bond donors (Lipinski definition) is 2. The molecule has 12 heteroatoms. The van der Waals surface area contributed by atoms with Gasteiger partial charge in [0.2, 0.25) is 0 Å². The molecular weight excluding hydrogens is 637 g/mol. The topological polar surface area (TPSA) is 159 Å². The molecule has 0 saturated carbocycles. The number of aromatic nitrogens is 1. The van der Waals surface area contributed by atoms with Gasteiger partial charge in [-0.15, -0.1) is 4.67 Å². The van der Waals surface area contributed by atoms with Gasteiger partial charge in [-0.05, 0) is 74.9 Å². The molecule has 1 unspecified atom stereocenters. The molecule has 1 atom stereocenters. The van der Waals surface area contributed by atoms with Crippen LogP contribution < -0.4 is 0 Å². The van der Waals surface area contributed by atoms with Crippen molar-refractivity contribution < 1.29 is 48.2 Å². The molecule has 1 aromatic heterocycles. The number of ether oxygens (including phenoxy) is 3. The van der Waals surface area contributed by atoms with E-state index in [0.717, 1.165) is 27.9 Å². The minimum Gasteiger partial charge on any atom is -0.508 e. The van der Waals surface area contributed by atoms with E-state index in [1.807, 2.05) is 84.0 Å². The van der Waals surface area contributed by atoms with Crippen molar-refractivity contribution in [3.63, 3.8) is 0 Å². The Hall–Kier alpha value is -4.18. The number of nitrogens with zero attached hydrogens (tertiary/aromatic N) is 1. The summed E-state index contributed by atoms with van der Waals surface area (Å²) in [6, 6.07) is 15.2. The van der Waals surface area contributed by atoms with E-state index in [2.05, 4.69) is 19.1 Å². The molecule has 3 aromatic rings. The van der Waals surface area contributed by atoms with Crippen LogP contribution in [-0.2, 0) is 50.7 Å². The van der Waals surface area contributed by atoms with Crippen molar-refractivity contribution in [3.8, 4) is 5.75 Å². The quantitative estimate of drug-likeness (QED) is 0.0734. The maximum Gasteiger partial charge on any atom is 0.358 e. The summed E-state index contributed by atoms with van der Waals surface area (Å²) in [7, 11) is 2.07. The van der Waals surface area contributed by atoms with E-state index in [9.17, 15) is 19.5 Å². The molecule has 3 rings (SSSR count). The average Bonchev–Trinajstić information content (AvgIpc) is 3.02. The summed E-state index contributed by atoms with van der Waals surface area (Å²) >= 11 is 0. The van der Waals surface area contributed by atoms with Gasteiger partial charge in [-0.3, -0.25) is 19.4 Å². The zero-order valence-corrected chi connectivity index (χ0v) is 28.9. The Balaban J connectivity index is -0.000000601. The number of hydrogen-bond acceptors (Lipinski definition) is 11. The van der Waals surface area contributed by atoms with Gasteiger partial charge in [0.05, 0.1) is 45.3 Å². The Morgan fingerprint density at radius 2 is 1.33 bits per heavy atom. The molecular formula is C36H54NO10P. The number of rotatable bonds is 9. The highest BCUT2D eigenvalue weighted by molar-refractivity contribution is 7.17. The summed E-state index contributed by atoms with van der Waals surface area (Å²) < 4.78 is 26.0. The van der Waals surface area contributed by atoms with Gasteiger partial charge in [0.25, 0.3) is 0 Å². The van der Waals surface area contributed by atoms with E-state index in [0.29, 0.717) is 24.5 Å². The first-order valence-corrected chi connectivity index (χ1v) is 15.1. The van der Waals surface area contributed by atoms with Crippen LogP contribution in [0, 0.1) is 33.6 Å². The van der Waals surface area contributed by atoms with Crippen molar-refractivity contribution in [1.29, 1.82) is 0 Å². The molecule has 0 aliphatic carbocycles. The largest absolute Gasteiger partial charge is 0.508 e. The van der Waals surface area contributed by atoms with Crippen LogP contribution in [0.3, 0.4) is 0 Å². The Morgan fingerprint density at radius 1 is 0.812 bits per heavy atom. The first-order chi connectivity index (χ1) is 21.7. The highest BCUT2D eigenvalue weighted by atomic mass is 31.1. The third-order valence-electron chi connectivity index (χ3n) is 6.11. The molecule has 268 valence electrons. The summed E-state index contributed by atoms with van der Waals surface area (Å²) in [5.41, 5.74) is 6.58. The van der Waals surface area contributed by atoms with Crippen LogP contribution in [0.25, 0.3) is 0 Å². The normalized spacial score (nSPS) is 10.1. The smallest absolute Gasteiger partial charge is 0.358 e. The van der Waals surface area contributed by atoms with Gasteiger partial charge in [0, 0.05) is 11.8 Å². The van der Waals surface area contributed by atoms with E-state index in [1.165, 1.54) is 19.8 Å². The van der Waals surface area contributed by atoms with Gasteiger partial charge in [0.15, 0.2) is 0 Å². The predicted molar refractivity (Wildman–Crippen MR) is 188 cm³/mol. The molecule has 0 aliphatic heterocycles. The van der Waals surface area contributed by atoms with E-state index in [1.54, 1.807) is 19.2 Å². The van der Waals surface area contributed by atoms with E-state index in [4.69, 9.17) is 14.6 Å². The molecule has 0 aliphatic rings. The van der Waals surface area contributed by atoms with Crippen LogP contribution in [0.4, 0.5) is 0 Å². The highest BCUT2D eigenvalue weighted by Crippen LogP contribution is 2.31. The van der Waals surface area contributed by atoms with Crippen LogP contribution in [-0.4, -0.2) is 54.1 Å². The Kier molecular flexibility index (Phi) is 27.0. The minimum atomic E-state index is -0.696. The lowest BCUT2D eigenvalue weighted by Crippen LogP contribution is -2.17. The van der Waals surface area contributed by atoms with E-state index < -0.39 is 14.6 Å². The lowest BCUT2D eigenvalue weighted by atomic mass is 9.94. The van der Waals surface area contributed by atoms with E-state index in [-0.39, 0.29) is 44.9 Å². The summed E-state index contributed by atoms with van der Waals surface area (Å²) in [5.74, 6) is -0.698. The summed E-state index contributed by atoms with van der Waals surface area (Å²) in [6.07, 6.45) is 2.34. The molecule has 2 N–H and O–H groups in total. The number of carbonyl (C=O) groups is 3. The number of phenolic OH excluding ortho intramolecular Hbond substituents is 1. The fourth-order valence-corrected chi connectivity index (χ4v) is 3.78. The van der Waals surface area contributed by atoms with Crippen molar-refractivity contribution >= 4 is 26.6 Å². The summed E-state index contributed by atoms with van der Waals surface area (Å²) in [6.45, 7) is 13.9. The van der Waals surface area contributed by atoms with Crippen LogP contribution in [0.5, 0.6) is 5.75 Å². The number of pyridine rings is 1. The zero-order valence-electron chi connectivity index (χ0n) is 28.0. The maximum absolute atomic E-state index is 11.9. The maximum atomic E-state index is 11.9. The number of esters is 3. The molecule has 0 radical (unpaired) electrons. The van der Waals surface area contributed by atoms with E-state index >= 15 is 0 Å². The molecule has 1 heterocycles. The second-order valence-corrected chi connectivity index (χ2v) is 11.0. The Morgan fingerprint density at radius 3 is 1.77 bits per heavy atom. The third-order valence-corrected chi connectivity index (χ3v) is 6.18. The average molecular weight is 692 g/mol. The molecule has 2 aromatic carbocycles. The fourth-order valence-electron chi connectivity index (χ4n) is 3.78. The molecule has 11 nitrogen and oxygen atoms in total. The van der Waals surface area contributed by atoms with Gasteiger partial charge in [-0.2, -0.15) is 0 Å². The second-order valence-electron chi connectivity index (χ2n) is 10.7. The van der Waals surface area contributed by atoms with Crippen molar-refractivity contribution in [2.75, 3.05) is 20.8 Å². The molecule has 0 spiro atoms. The number of phenols is 1. The Bertz CT molecular complexity index is 1280. The van der Waals surface area contributed by atoms with Gasteiger partial charge in [-0.25, -0.2) is 9.82 Å². The molecule has 0 bridgehead atoms.